The number of carbonyl (C=O) groups is 1. The Morgan fingerprint density at radius 1 is 0.935 bits per heavy atom. The molecular formula is C25H26N2O4. The van der Waals surface area contributed by atoms with Crippen LogP contribution in [0.15, 0.2) is 66.7 Å². The lowest BCUT2D eigenvalue weighted by atomic mass is 9.98. The first-order chi connectivity index (χ1) is 15.2. The van der Waals surface area contributed by atoms with Crippen molar-refractivity contribution in [3.63, 3.8) is 0 Å². The molecule has 0 radical (unpaired) electrons. The summed E-state index contributed by atoms with van der Waals surface area (Å²) in [5.74, 6) is 2.90. The van der Waals surface area contributed by atoms with Crippen molar-refractivity contribution in [3.8, 4) is 23.0 Å². The Kier molecular flexibility index (Phi) is 6.38. The summed E-state index contributed by atoms with van der Waals surface area (Å²) in [5.41, 5.74) is 3.06. The minimum atomic E-state index is -0.0537. The summed E-state index contributed by atoms with van der Waals surface area (Å²) in [5, 5.41) is 2.96. The Balaban J connectivity index is 1.35. The molecule has 0 saturated heterocycles. The number of nitrogens with one attached hydrogen (secondary N) is 1. The van der Waals surface area contributed by atoms with Crippen molar-refractivity contribution in [1.82, 2.24) is 4.90 Å². The van der Waals surface area contributed by atoms with Crippen LogP contribution in [0.2, 0.25) is 0 Å². The van der Waals surface area contributed by atoms with Gasteiger partial charge in [0.2, 0.25) is 5.91 Å². The third-order valence-corrected chi connectivity index (χ3v) is 5.31. The number of ether oxygens (including phenoxy) is 3. The van der Waals surface area contributed by atoms with Crippen molar-refractivity contribution in [2.24, 2.45) is 0 Å². The van der Waals surface area contributed by atoms with Crippen LogP contribution in [0.4, 0.5) is 5.69 Å². The molecule has 6 nitrogen and oxygen atoms in total. The summed E-state index contributed by atoms with van der Waals surface area (Å²) in [4.78, 5) is 14.7. The lowest BCUT2D eigenvalue weighted by molar-refractivity contribution is -0.117. The van der Waals surface area contributed by atoms with Crippen LogP contribution in [0.1, 0.15) is 11.1 Å². The van der Waals surface area contributed by atoms with Crippen LogP contribution in [0.3, 0.4) is 0 Å². The minimum absolute atomic E-state index is 0.0537. The average molecular weight is 418 g/mol. The Labute approximate surface area is 182 Å². The number of carbonyl (C=O) groups excluding carboxylic acids is 1. The zero-order valence-electron chi connectivity index (χ0n) is 17.8. The van der Waals surface area contributed by atoms with Gasteiger partial charge in [0.05, 0.1) is 20.8 Å². The Hall–Kier alpha value is -3.51. The maximum absolute atomic E-state index is 12.6. The molecule has 4 rings (SSSR count). The molecule has 0 aliphatic carbocycles. The molecule has 0 spiro atoms. The number of fused-ring (bicyclic) bond motifs is 1. The van der Waals surface area contributed by atoms with Gasteiger partial charge in [-0.3, -0.25) is 9.69 Å². The van der Waals surface area contributed by atoms with Gasteiger partial charge in [-0.25, -0.2) is 0 Å². The zero-order chi connectivity index (χ0) is 21.6. The van der Waals surface area contributed by atoms with E-state index in [1.54, 1.807) is 14.2 Å². The molecule has 0 unspecified atom stereocenters. The lowest BCUT2D eigenvalue weighted by Crippen LogP contribution is -2.37. The van der Waals surface area contributed by atoms with Crippen molar-refractivity contribution >= 4 is 11.6 Å². The van der Waals surface area contributed by atoms with E-state index in [9.17, 15) is 4.79 Å². The SMILES string of the molecule is COc1ccc2c(c1OC)CN(CC(=O)Nc1ccc(Oc3ccccc3)cc1)CC2. The maximum atomic E-state index is 12.6. The highest BCUT2D eigenvalue weighted by atomic mass is 16.5. The van der Waals surface area contributed by atoms with Gasteiger partial charge < -0.3 is 19.5 Å². The molecule has 0 aromatic heterocycles. The van der Waals surface area contributed by atoms with Crippen molar-refractivity contribution in [2.75, 3.05) is 32.6 Å². The summed E-state index contributed by atoms with van der Waals surface area (Å²) in [6.45, 7) is 1.77. The average Bonchev–Trinajstić information content (AvgIpc) is 2.80. The van der Waals surface area contributed by atoms with Crippen LogP contribution in [-0.4, -0.2) is 38.1 Å². The molecule has 0 fully saturated rings. The number of hydrogen-bond acceptors (Lipinski definition) is 5. The van der Waals surface area contributed by atoms with E-state index in [2.05, 4.69) is 16.3 Å². The summed E-state index contributed by atoms with van der Waals surface area (Å²) < 4.78 is 16.8. The third-order valence-electron chi connectivity index (χ3n) is 5.31. The van der Waals surface area contributed by atoms with Gasteiger partial charge in [-0.15, -0.1) is 0 Å². The molecule has 0 saturated carbocycles. The highest BCUT2D eigenvalue weighted by Gasteiger charge is 2.23. The van der Waals surface area contributed by atoms with Gasteiger partial charge >= 0.3 is 0 Å². The molecular weight excluding hydrogens is 392 g/mol. The largest absolute Gasteiger partial charge is 0.493 e. The van der Waals surface area contributed by atoms with Crippen molar-refractivity contribution in [3.05, 3.63) is 77.9 Å². The predicted octanol–water partition coefficient (Wildman–Crippen LogP) is 4.49. The summed E-state index contributed by atoms with van der Waals surface area (Å²) in [6.07, 6.45) is 0.870. The second-order valence-corrected chi connectivity index (χ2v) is 7.39. The van der Waals surface area contributed by atoms with Gasteiger partial charge in [0, 0.05) is 24.3 Å². The highest BCUT2D eigenvalue weighted by Crippen LogP contribution is 2.36. The number of para-hydroxylation sites is 1. The van der Waals surface area contributed by atoms with Crippen LogP contribution in [0.25, 0.3) is 0 Å². The number of nitrogens with zero attached hydrogens (tertiary/aromatic N) is 1. The highest BCUT2D eigenvalue weighted by molar-refractivity contribution is 5.92. The summed E-state index contributed by atoms with van der Waals surface area (Å²) in [7, 11) is 3.28. The van der Waals surface area contributed by atoms with E-state index in [0.29, 0.717) is 18.8 Å². The molecule has 1 N–H and O–H groups in total. The summed E-state index contributed by atoms with van der Waals surface area (Å²) in [6, 6.07) is 21.0. The molecule has 3 aromatic rings. The monoisotopic (exact) mass is 418 g/mol. The van der Waals surface area contributed by atoms with Crippen molar-refractivity contribution in [1.29, 1.82) is 0 Å². The lowest BCUT2D eigenvalue weighted by Gasteiger charge is -2.29. The molecule has 160 valence electrons. The van der Waals surface area contributed by atoms with E-state index in [-0.39, 0.29) is 5.91 Å². The topological polar surface area (TPSA) is 60.0 Å². The third kappa shape index (κ3) is 4.98. The van der Waals surface area contributed by atoms with Gasteiger partial charge in [0.15, 0.2) is 11.5 Å². The first-order valence-corrected chi connectivity index (χ1v) is 10.2. The number of rotatable bonds is 7. The molecule has 6 heteroatoms. The van der Waals surface area contributed by atoms with E-state index < -0.39 is 0 Å². The van der Waals surface area contributed by atoms with E-state index in [4.69, 9.17) is 14.2 Å². The Bertz CT molecular complexity index is 1040. The number of amides is 1. The van der Waals surface area contributed by atoms with E-state index in [0.717, 1.165) is 41.5 Å². The second kappa shape index (κ2) is 9.53. The molecule has 1 aliphatic heterocycles. The number of anilines is 1. The predicted molar refractivity (Wildman–Crippen MR) is 120 cm³/mol. The molecule has 1 amide bonds. The zero-order valence-corrected chi connectivity index (χ0v) is 17.8. The molecule has 1 aliphatic rings. The van der Waals surface area contributed by atoms with Crippen LogP contribution >= 0.6 is 0 Å². The van der Waals surface area contributed by atoms with Gasteiger partial charge in [0.25, 0.3) is 0 Å². The second-order valence-electron chi connectivity index (χ2n) is 7.39. The Morgan fingerprint density at radius 3 is 2.39 bits per heavy atom. The summed E-state index contributed by atoms with van der Waals surface area (Å²) >= 11 is 0. The number of benzene rings is 3. The van der Waals surface area contributed by atoms with E-state index in [1.807, 2.05) is 60.7 Å². The molecule has 3 aromatic carbocycles. The van der Waals surface area contributed by atoms with E-state index in [1.165, 1.54) is 5.56 Å². The number of methoxy groups -OCH3 is 2. The fourth-order valence-corrected chi connectivity index (χ4v) is 3.79. The van der Waals surface area contributed by atoms with Crippen molar-refractivity contribution in [2.45, 2.75) is 13.0 Å². The van der Waals surface area contributed by atoms with Crippen LogP contribution < -0.4 is 19.5 Å². The van der Waals surface area contributed by atoms with E-state index >= 15 is 0 Å². The maximum Gasteiger partial charge on any atom is 0.238 e. The van der Waals surface area contributed by atoms with Crippen LogP contribution in [0.5, 0.6) is 23.0 Å². The normalized spacial score (nSPS) is 13.2. The first kappa shape index (κ1) is 20.8. The minimum Gasteiger partial charge on any atom is -0.493 e. The fraction of sp³-hybridized carbons (Fsp3) is 0.240. The van der Waals surface area contributed by atoms with Crippen LogP contribution in [-0.2, 0) is 17.8 Å². The fourth-order valence-electron chi connectivity index (χ4n) is 3.79. The van der Waals surface area contributed by atoms with Crippen LogP contribution in [0, 0.1) is 0 Å². The quantitative estimate of drug-likeness (QED) is 0.613. The van der Waals surface area contributed by atoms with Gasteiger partial charge in [-0.2, -0.15) is 0 Å². The van der Waals surface area contributed by atoms with Crippen molar-refractivity contribution < 1.29 is 19.0 Å². The molecule has 0 bridgehead atoms. The number of hydrogen-bond donors (Lipinski definition) is 1. The molecule has 1 heterocycles. The Morgan fingerprint density at radius 2 is 1.68 bits per heavy atom. The van der Waals surface area contributed by atoms with Gasteiger partial charge in [-0.05, 0) is 54.4 Å². The first-order valence-electron chi connectivity index (χ1n) is 10.2. The standard InChI is InChI=1S/C25H26N2O4/c1-29-23-13-8-18-14-15-27(16-22(18)25(23)30-2)17-24(28)26-19-9-11-21(12-10-19)31-20-6-4-3-5-7-20/h3-13H,14-17H2,1-2H3,(H,26,28). The smallest absolute Gasteiger partial charge is 0.238 e. The van der Waals surface area contributed by atoms with Gasteiger partial charge in [-0.1, -0.05) is 24.3 Å². The van der Waals surface area contributed by atoms with Gasteiger partial charge in [0.1, 0.15) is 11.5 Å². The molecule has 0 atom stereocenters. The molecule has 31 heavy (non-hydrogen) atoms.